The Bertz CT molecular complexity index is 736. The number of nitrogens with zero attached hydrogens (tertiary/aromatic N) is 1. The lowest BCUT2D eigenvalue weighted by Crippen LogP contribution is -2.41. The molecule has 0 saturated carbocycles. The van der Waals surface area contributed by atoms with E-state index in [1.165, 1.54) is 0 Å². The molecule has 4 nitrogen and oxygen atoms in total. The molecule has 23 heavy (non-hydrogen) atoms. The van der Waals surface area contributed by atoms with Crippen molar-refractivity contribution in [3.05, 3.63) is 58.1 Å². The minimum atomic E-state index is -0.232. The van der Waals surface area contributed by atoms with E-state index in [0.29, 0.717) is 34.5 Å². The van der Waals surface area contributed by atoms with Gasteiger partial charge in [0.15, 0.2) is 17.6 Å². The van der Waals surface area contributed by atoms with Crippen LogP contribution >= 0.6 is 23.2 Å². The van der Waals surface area contributed by atoms with Crippen LogP contribution in [0.3, 0.4) is 0 Å². The fraction of sp³-hybridized carbons (Fsp3) is 0.235. The molecule has 0 spiro atoms. The molecule has 0 aliphatic carbocycles. The summed E-state index contributed by atoms with van der Waals surface area (Å²) in [6, 6.07) is 12.3. The van der Waals surface area contributed by atoms with Gasteiger partial charge >= 0.3 is 0 Å². The van der Waals surface area contributed by atoms with E-state index in [2.05, 4.69) is 0 Å². The molecule has 0 saturated heterocycles. The summed E-state index contributed by atoms with van der Waals surface area (Å²) in [5.74, 6) is 1.22. The molecule has 1 atom stereocenters. The zero-order valence-electron chi connectivity index (χ0n) is 12.5. The zero-order valence-corrected chi connectivity index (χ0v) is 14.0. The fourth-order valence-electron chi connectivity index (χ4n) is 2.41. The van der Waals surface area contributed by atoms with E-state index in [1.807, 2.05) is 24.3 Å². The van der Waals surface area contributed by atoms with Gasteiger partial charge in [0, 0.05) is 12.1 Å². The Balaban J connectivity index is 1.67. The van der Waals surface area contributed by atoms with Crippen molar-refractivity contribution in [1.29, 1.82) is 0 Å². The molecule has 0 N–H and O–H groups in total. The molecule has 2 aromatic carbocycles. The zero-order chi connectivity index (χ0) is 16.4. The van der Waals surface area contributed by atoms with Gasteiger partial charge in [0.2, 0.25) is 0 Å². The summed E-state index contributed by atoms with van der Waals surface area (Å²) >= 11 is 11.9. The van der Waals surface area contributed by atoms with Crippen molar-refractivity contribution in [1.82, 2.24) is 4.90 Å². The Labute approximate surface area is 144 Å². The van der Waals surface area contributed by atoms with Crippen molar-refractivity contribution in [2.24, 2.45) is 0 Å². The molecular formula is C17H15Cl2NO3. The van der Waals surface area contributed by atoms with E-state index < -0.39 is 0 Å². The molecule has 1 aliphatic rings. The predicted octanol–water partition coefficient (Wildman–Crippen LogP) is 3.91. The van der Waals surface area contributed by atoms with Gasteiger partial charge in [-0.3, -0.25) is 4.79 Å². The maximum absolute atomic E-state index is 12.5. The second kappa shape index (κ2) is 6.69. The first-order valence-electron chi connectivity index (χ1n) is 7.13. The predicted molar refractivity (Wildman–Crippen MR) is 89.8 cm³/mol. The Morgan fingerprint density at radius 1 is 1.22 bits per heavy atom. The highest BCUT2D eigenvalue weighted by molar-refractivity contribution is 6.36. The highest BCUT2D eigenvalue weighted by atomic mass is 35.5. The van der Waals surface area contributed by atoms with Gasteiger partial charge in [-0.25, -0.2) is 0 Å². The Hall–Kier alpha value is -1.91. The summed E-state index contributed by atoms with van der Waals surface area (Å²) in [6.07, 6.45) is -0.232. The third-order valence-electron chi connectivity index (χ3n) is 3.55. The first-order chi connectivity index (χ1) is 11.0. The molecule has 0 fully saturated rings. The lowest BCUT2D eigenvalue weighted by atomic mass is 10.2. The first kappa shape index (κ1) is 16.0. The van der Waals surface area contributed by atoms with Gasteiger partial charge < -0.3 is 14.4 Å². The quantitative estimate of drug-likeness (QED) is 0.841. The van der Waals surface area contributed by atoms with E-state index in [4.69, 9.17) is 32.7 Å². The number of hydrogen-bond acceptors (Lipinski definition) is 3. The summed E-state index contributed by atoms with van der Waals surface area (Å²) < 4.78 is 11.5. The highest BCUT2D eigenvalue weighted by Gasteiger charge is 2.24. The summed E-state index contributed by atoms with van der Waals surface area (Å²) in [4.78, 5) is 14.1. The molecule has 0 radical (unpaired) electrons. The van der Waals surface area contributed by atoms with E-state index in [9.17, 15) is 4.79 Å². The van der Waals surface area contributed by atoms with Crippen LogP contribution in [0.25, 0.3) is 0 Å². The number of halogens is 2. The van der Waals surface area contributed by atoms with Gasteiger partial charge in [-0.1, -0.05) is 35.3 Å². The number of hydrogen-bond donors (Lipinski definition) is 0. The van der Waals surface area contributed by atoms with Crippen molar-refractivity contribution in [3.8, 4) is 11.5 Å². The van der Waals surface area contributed by atoms with Crippen LogP contribution in [0.5, 0.6) is 11.5 Å². The molecule has 0 bridgehead atoms. The van der Waals surface area contributed by atoms with Gasteiger partial charge in [0.1, 0.15) is 6.61 Å². The lowest BCUT2D eigenvalue weighted by molar-refractivity contribution is 0.0521. The SMILES string of the molecule is CN(C[C@H]1COc2ccccc2O1)C(=O)c1ccc(Cl)cc1Cl. The number of para-hydroxylation sites is 2. The number of rotatable bonds is 3. The molecule has 6 heteroatoms. The molecule has 3 rings (SSSR count). The molecule has 2 aromatic rings. The molecule has 120 valence electrons. The number of likely N-dealkylation sites (N-methyl/N-ethyl adjacent to an activating group) is 1. The molecule has 1 heterocycles. The van der Waals surface area contributed by atoms with Gasteiger partial charge in [0.05, 0.1) is 17.1 Å². The van der Waals surface area contributed by atoms with Gasteiger partial charge in [-0.05, 0) is 30.3 Å². The minimum Gasteiger partial charge on any atom is -0.486 e. The third-order valence-corrected chi connectivity index (χ3v) is 4.10. The van der Waals surface area contributed by atoms with Crippen LogP contribution in [-0.4, -0.2) is 37.1 Å². The second-order valence-electron chi connectivity index (χ2n) is 5.31. The summed E-state index contributed by atoms with van der Waals surface area (Å²) in [7, 11) is 1.71. The number of carbonyl (C=O) groups is 1. The van der Waals surface area contributed by atoms with E-state index in [0.717, 1.165) is 5.75 Å². The largest absolute Gasteiger partial charge is 0.486 e. The first-order valence-corrected chi connectivity index (χ1v) is 7.89. The second-order valence-corrected chi connectivity index (χ2v) is 6.15. The van der Waals surface area contributed by atoms with Crippen molar-refractivity contribution >= 4 is 29.1 Å². The normalized spacial score (nSPS) is 16.0. The maximum atomic E-state index is 12.5. The molecule has 1 aliphatic heterocycles. The number of fused-ring (bicyclic) bond motifs is 1. The molecule has 0 unspecified atom stereocenters. The number of amides is 1. The van der Waals surface area contributed by atoms with Crippen LogP contribution in [0, 0.1) is 0 Å². The van der Waals surface area contributed by atoms with Gasteiger partial charge in [-0.15, -0.1) is 0 Å². The monoisotopic (exact) mass is 351 g/mol. The van der Waals surface area contributed by atoms with E-state index in [1.54, 1.807) is 30.1 Å². The standard InChI is InChI=1S/C17H15Cl2NO3/c1-20(17(21)13-7-6-11(18)8-14(13)19)9-12-10-22-15-4-2-3-5-16(15)23-12/h2-8,12H,9-10H2,1H3/t12-/m0/s1. The van der Waals surface area contributed by atoms with Crippen LogP contribution in [0.4, 0.5) is 0 Å². The smallest absolute Gasteiger partial charge is 0.255 e. The maximum Gasteiger partial charge on any atom is 0.255 e. The summed E-state index contributed by atoms with van der Waals surface area (Å²) in [5.41, 5.74) is 0.413. The summed E-state index contributed by atoms with van der Waals surface area (Å²) in [6.45, 7) is 0.787. The minimum absolute atomic E-state index is 0.186. The van der Waals surface area contributed by atoms with Crippen molar-refractivity contribution in [3.63, 3.8) is 0 Å². The Morgan fingerprint density at radius 2 is 1.96 bits per heavy atom. The number of carbonyl (C=O) groups excluding carboxylic acids is 1. The van der Waals surface area contributed by atoms with Gasteiger partial charge in [-0.2, -0.15) is 0 Å². The fourth-order valence-corrected chi connectivity index (χ4v) is 2.90. The van der Waals surface area contributed by atoms with Crippen LogP contribution in [-0.2, 0) is 0 Å². The average Bonchev–Trinajstić information content (AvgIpc) is 2.54. The third kappa shape index (κ3) is 3.54. The molecule has 1 amide bonds. The molecular weight excluding hydrogens is 337 g/mol. The van der Waals surface area contributed by atoms with E-state index in [-0.39, 0.29) is 12.0 Å². The average molecular weight is 352 g/mol. The van der Waals surface area contributed by atoms with Gasteiger partial charge in [0.25, 0.3) is 5.91 Å². The Kier molecular flexibility index (Phi) is 4.64. The topological polar surface area (TPSA) is 38.8 Å². The van der Waals surface area contributed by atoms with E-state index >= 15 is 0 Å². The Morgan fingerprint density at radius 3 is 2.70 bits per heavy atom. The van der Waals surface area contributed by atoms with Crippen LogP contribution < -0.4 is 9.47 Å². The number of benzene rings is 2. The van der Waals surface area contributed by atoms with Crippen molar-refractivity contribution in [2.45, 2.75) is 6.10 Å². The lowest BCUT2D eigenvalue weighted by Gasteiger charge is -2.29. The highest BCUT2D eigenvalue weighted by Crippen LogP contribution is 2.31. The molecule has 0 aromatic heterocycles. The number of ether oxygens (including phenoxy) is 2. The van der Waals surface area contributed by atoms with Crippen molar-refractivity contribution in [2.75, 3.05) is 20.2 Å². The summed E-state index contributed by atoms with van der Waals surface area (Å²) in [5, 5.41) is 0.829. The van der Waals surface area contributed by atoms with Crippen molar-refractivity contribution < 1.29 is 14.3 Å². The van der Waals surface area contributed by atoms with Crippen LogP contribution in [0.15, 0.2) is 42.5 Å². The van der Waals surface area contributed by atoms with Crippen LogP contribution in [0.1, 0.15) is 10.4 Å². The van der Waals surface area contributed by atoms with Crippen LogP contribution in [0.2, 0.25) is 10.0 Å².